The van der Waals surface area contributed by atoms with E-state index in [-0.39, 0.29) is 5.69 Å². The predicted molar refractivity (Wildman–Crippen MR) is 126 cm³/mol. The number of rotatable bonds is 3. The van der Waals surface area contributed by atoms with Gasteiger partial charge in [-0.1, -0.05) is 34.1 Å². The van der Waals surface area contributed by atoms with E-state index >= 15 is 0 Å². The molecule has 3 heterocycles. The standard InChI is InChI=1S/C23H18BrF3N4S/c24-15-7-8-18-16(14-15)22(29-21(28-18)20-6-3-13-32-20)31-11-9-30(10-12-31)19-5-2-1-4-17(19)23(25,26)27/h1-8,13-14H,9-12H2. The van der Waals surface area contributed by atoms with Gasteiger partial charge in [0.2, 0.25) is 0 Å². The molecule has 0 spiro atoms. The van der Waals surface area contributed by atoms with Gasteiger partial charge >= 0.3 is 6.18 Å². The molecule has 0 saturated carbocycles. The maximum atomic E-state index is 13.5. The van der Waals surface area contributed by atoms with E-state index in [9.17, 15) is 13.2 Å². The van der Waals surface area contributed by atoms with Gasteiger partial charge in [-0.2, -0.15) is 13.2 Å². The summed E-state index contributed by atoms with van der Waals surface area (Å²) < 4.78 is 41.4. The monoisotopic (exact) mass is 518 g/mol. The zero-order valence-electron chi connectivity index (χ0n) is 16.8. The molecule has 4 aromatic rings. The van der Waals surface area contributed by atoms with E-state index in [4.69, 9.17) is 9.97 Å². The number of thiophene rings is 1. The van der Waals surface area contributed by atoms with Gasteiger partial charge in [-0.25, -0.2) is 9.97 Å². The molecule has 0 aliphatic carbocycles. The zero-order chi connectivity index (χ0) is 22.3. The summed E-state index contributed by atoms with van der Waals surface area (Å²) >= 11 is 5.10. The van der Waals surface area contributed by atoms with Crippen LogP contribution in [0.5, 0.6) is 0 Å². The normalized spacial score (nSPS) is 14.9. The van der Waals surface area contributed by atoms with Crippen molar-refractivity contribution in [3.63, 3.8) is 0 Å². The quantitative estimate of drug-likeness (QED) is 0.311. The van der Waals surface area contributed by atoms with Crippen molar-refractivity contribution in [1.29, 1.82) is 0 Å². The van der Waals surface area contributed by atoms with Crippen LogP contribution in [0.1, 0.15) is 5.56 Å². The second-order valence-corrected chi connectivity index (χ2v) is 9.36. The molecule has 32 heavy (non-hydrogen) atoms. The van der Waals surface area contributed by atoms with Crippen LogP contribution in [0, 0.1) is 0 Å². The highest BCUT2D eigenvalue weighted by molar-refractivity contribution is 9.10. The molecule has 1 saturated heterocycles. The van der Waals surface area contributed by atoms with Crippen LogP contribution in [0.3, 0.4) is 0 Å². The van der Waals surface area contributed by atoms with Crippen molar-refractivity contribution in [3.05, 3.63) is 70.0 Å². The molecule has 0 amide bonds. The van der Waals surface area contributed by atoms with Crippen LogP contribution >= 0.6 is 27.3 Å². The Labute approximate surface area is 195 Å². The lowest BCUT2D eigenvalue weighted by Gasteiger charge is -2.38. The average molecular weight is 519 g/mol. The van der Waals surface area contributed by atoms with Crippen molar-refractivity contribution >= 4 is 49.7 Å². The number of halogens is 4. The van der Waals surface area contributed by atoms with Crippen LogP contribution in [0.15, 0.2) is 64.5 Å². The van der Waals surface area contributed by atoms with E-state index in [2.05, 4.69) is 20.8 Å². The van der Waals surface area contributed by atoms with Gasteiger partial charge in [-0.3, -0.25) is 0 Å². The predicted octanol–water partition coefficient (Wildman–Crippen LogP) is 6.47. The van der Waals surface area contributed by atoms with Crippen molar-refractivity contribution in [3.8, 4) is 10.7 Å². The molecule has 0 bridgehead atoms. The van der Waals surface area contributed by atoms with Gasteiger partial charge in [-0.15, -0.1) is 11.3 Å². The molecular weight excluding hydrogens is 501 g/mol. The van der Waals surface area contributed by atoms with Crippen LogP contribution in [0.4, 0.5) is 24.7 Å². The highest BCUT2D eigenvalue weighted by Crippen LogP contribution is 2.37. The van der Waals surface area contributed by atoms with Crippen molar-refractivity contribution in [2.45, 2.75) is 6.18 Å². The van der Waals surface area contributed by atoms with E-state index in [0.717, 1.165) is 32.1 Å². The molecule has 0 unspecified atom stereocenters. The number of benzene rings is 2. The lowest BCUT2D eigenvalue weighted by molar-refractivity contribution is -0.137. The van der Waals surface area contributed by atoms with Crippen molar-refractivity contribution in [2.24, 2.45) is 0 Å². The van der Waals surface area contributed by atoms with E-state index in [1.54, 1.807) is 28.4 Å². The van der Waals surface area contributed by atoms with Gasteiger partial charge in [0, 0.05) is 41.7 Å². The number of anilines is 2. The Hall–Kier alpha value is -2.65. The minimum Gasteiger partial charge on any atom is -0.367 e. The molecule has 164 valence electrons. The molecular formula is C23H18BrF3N4S. The Balaban J connectivity index is 1.47. The fourth-order valence-corrected chi connectivity index (χ4v) is 5.01. The van der Waals surface area contributed by atoms with E-state index in [1.165, 1.54) is 6.07 Å². The SMILES string of the molecule is FC(F)(F)c1ccccc1N1CCN(c2nc(-c3cccs3)nc3ccc(Br)cc23)CC1. The van der Waals surface area contributed by atoms with Gasteiger partial charge in [0.1, 0.15) is 5.82 Å². The molecule has 2 aromatic carbocycles. The molecule has 1 fully saturated rings. The fraction of sp³-hybridized carbons (Fsp3) is 0.217. The number of aromatic nitrogens is 2. The Morgan fingerprint density at radius 2 is 1.62 bits per heavy atom. The summed E-state index contributed by atoms with van der Waals surface area (Å²) in [5.74, 6) is 1.47. The van der Waals surface area contributed by atoms with Gasteiger partial charge in [-0.05, 0) is 41.8 Å². The number of alkyl halides is 3. The Morgan fingerprint density at radius 1 is 0.875 bits per heavy atom. The number of hydrogen-bond acceptors (Lipinski definition) is 5. The van der Waals surface area contributed by atoms with Crippen LogP contribution in [-0.2, 0) is 6.18 Å². The Bertz CT molecular complexity index is 1250. The van der Waals surface area contributed by atoms with Gasteiger partial charge in [0.15, 0.2) is 5.82 Å². The third kappa shape index (κ3) is 4.06. The summed E-state index contributed by atoms with van der Waals surface area (Å²) in [6.45, 7) is 2.07. The summed E-state index contributed by atoms with van der Waals surface area (Å²) in [5.41, 5.74) is 0.477. The summed E-state index contributed by atoms with van der Waals surface area (Å²) in [6.07, 6.45) is -4.38. The van der Waals surface area contributed by atoms with E-state index in [1.807, 2.05) is 35.7 Å². The molecule has 4 nitrogen and oxygen atoms in total. The molecule has 1 aliphatic heterocycles. The second-order valence-electron chi connectivity index (χ2n) is 7.50. The molecule has 1 aliphatic rings. The molecule has 0 radical (unpaired) electrons. The topological polar surface area (TPSA) is 32.3 Å². The van der Waals surface area contributed by atoms with Crippen molar-refractivity contribution in [2.75, 3.05) is 36.0 Å². The number of fused-ring (bicyclic) bond motifs is 1. The van der Waals surface area contributed by atoms with E-state index in [0.29, 0.717) is 32.0 Å². The Kier molecular flexibility index (Phi) is 5.54. The first-order valence-electron chi connectivity index (χ1n) is 10.1. The van der Waals surface area contributed by atoms with E-state index < -0.39 is 11.7 Å². The van der Waals surface area contributed by atoms with Crippen LogP contribution in [0.2, 0.25) is 0 Å². The van der Waals surface area contributed by atoms with Gasteiger partial charge in [0.05, 0.1) is 16.0 Å². The minimum atomic E-state index is -4.38. The third-order valence-electron chi connectivity index (χ3n) is 5.51. The van der Waals surface area contributed by atoms with Gasteiger partial charge < -0.3 is 9.80 Å². The number of piperazine rings is 1. The third-order valence-corrected chi connectivity index (χ3v) is 6.87. The number of hydrogen-bond donors (Lipinski definition) is 0. The summed E-state index contributed by atoms with van der Waals surface area (Å²) in [5, 5.41) is 2.91. The molecule has 9 heteroatoms. The Morgan fingerprint density at radius 3 is 2.34 bits per heavy atom. The fourth-order valence-electron chi connectivity index (χ4n) is 3.99. The van der Waals surface area contributed by atoms with Gasteiger partial charge in [0.25, 0.3) is 0 Å². The zero-order valence-corrected chi connectivity index (χ0v) is 19.2. The number of nitrogens with zero attached hydrogens (tertiary/aromatic N) is 4. The van der Waals surface area contributed by atoms with Crippen LogP contribution in [-0.4, -0.2) is 36.1 Å². The number of para-hydroxylation sites is 1. The first-order chi connectivity index (χ1) is 15.4. The maximum Gasteiger partial charge on any atom is 0.418 e. The molecule has 5 rings (SSSR count). The lowest BCUT2D eigenvalue weighted by atomic mass is 10.1. The largest absolute Gasteiger partial charge is 0.418 e. The second kappa shape index (κ2) is 8.37. The summed E-state index contributed by atoms with van der Waals surface area (Å²) in [4.78, 5) is 14.5. The van der Waals surface area contributed by atoms with Crippen LogP contribution in [0.25, 0.3) is 21.6 Å². The summed E-state index contributed by atoms with van der Waals surface area (Å²) in [7, 11) is 0. The highest BCUT2D eigenvalue weighted by atomic mass is 79.9. The first kappa shape index (κ1) is 21.2. The minimum absolute atomic E-state index is 0.231. The molecule has 2 aromatic heterocycles. The first-order valence-corrected chi connectivity index (χ1v) is 11.7. The summed E-state index contributed by atoms with van der Waals surface area (Å²) in [6, 6.07) is 15.6. The smallest absolute Gasteiger partial charge is 0.367 e. The van der Waals surface area contributed by atoms with Crippen LogP contribution < -0.4 is 9.80 Å². The maximum absolute atomic E-state index is 13.5. The lowest BCUT2D eigenvalue weighted by Crippen LogP contribution is -2.47. The van der Waals surface area contributed by atoms with Crippen molar-refractivity contribution < 1.29 is 13.2 Å². The highest BCUT2D eigenvalue weighted by Gasteiger charge is 2.35. The molecule has 0 N–H and O–H groups in total. The van der Waals surface area contributed by atoms with Crippen molar-refractivity contribution in [1.82, 2.24) is 9.97 Å². The molecule has 0 atom stereocenters. The average Bonchev–Trinajstić information content (AvgIpc) is 3.33.